The maximum absolute atomic E-state index is 12.0. The van der Waals surface area contributed by atoms with Crippen LogP contribution >= 0.6 is 0 Å². The van der Waals surface area contributed by atoms with Crippen LogP contribution in [0.15, 0.2) is 18.2 Å². The van der Waals surface area contributed by atoms with E-state index >= 15 is 0 Å². The highest BCUT2D eigenvalue weighted by Gasteiger charge is 2.47. The van der Waals surface area contributed by atoms with Crippen LogP contribution in [0.1, 0.15) is 12.8 Å². The van der Waals surface area contributed by atoms with E-state index in [0.29, 0.717) is 12.0 Å². The molecule has 1 aromatic heterocycles. The first kappa shape index (κ1) is 12.3. The molecule has 19 heavy (non-hydrogen) atoms. The molecule has 1 saturated heterocycles. The van der Waals surface area contributed by atoms with Crippen molar-refractivity contribution in [2.75, 3.05) is 5.32 Å². The Hall–Kier alpha value is -1.76. The molecule has 7 heteroatoms. The lowest BCUT2D eigenvalue weighted by molar-refractivity contribution is -0.118. The van der Waals surface area contributed by atoms with Crippen molar-refractivity contribution >= 4 is 11.7 Å². The van der Waals surface area contributed by atoms with E-state index < -0.39 is 6.61 Å². The highest BCUT2D eigenvalue weighted by Crippen LogP contribution is 2.40. The van der Waals surface area contributed by atoms with Gasteiger partial charge < -0.3 is 15.4 Å². The van der Waals surface area contributed by atoms with Gasteiger partial charge in [-0.15, -0.1) is 0 Å². The number of ether oxygens (including phenoxy) is 1. The van der Waals surface area contributed by atoms with Gasteiger partial charge >= 0.3 is 6.61 Å². The second-order valence-corrected chi connectivity index (χ2v) is 4.79. The zero-order valence-corrected chi connectivity index (χ0v) is 9.98. The summed E-state index contributed by atoms with van der Waals surface area (Å²) in [5, 5.41) is 5.80. The molecule has 2 N–H and O–H groups in total. The molecule has 3 atom stereocenters. The SMILES string of the molecule is O=C(Nc1cccc(OC(F)F)n1)[C@@H]1C[C@H]2C[C@H]2N1. The number of carbonyl (C=O) groups is 1. The zero-order chi connectivity index (χ0) is 13.4. The Morgan fingerprint density at radius 2 is 2.32 bits per heavy atom. The molecule has 0 bridgehead atoms. The van der Waals surface area contributed by atoms with Gasteiger partial charge in [0.1, 0.15) is 5.82 Å². The molecule has 0 spiro atoms. The van der Waals surface area contributed by atoms with Crippen LogP contribution in [-0.4, -0.2) is 29.6 Å². The number of amides is 1. The molecule has 2 aliphatic rings. The molecule has 0 aromatic carbocycles. The van der Waals surface area contributed by atoms with Crippen LogP contribution < -0.4 is 15.4 Å². The van der Waals surface area contributed by atoms with Crippen LogP contribution in [0.5, 0.6) is 5.88 Å². The van der Waals surface area contributed by atoms with E-state index in [-0.39, 0.29) is 23.6 Å². The third kappa shape index (κ3) is 2.81. The lowest BCUT2D eigenvalue weighted by Gasteiger charge is -2.13. The van der Waals surface area contributed by atoms with E-state index in [2.05, 4.69) is 20.4 Å². The number of pyridine rings is 1. The van der Waals surface area contributed by atoms with Crippen LogP contribution in [0.25, 0.3) is 0 Å². The summed E-state index contributed by atoms with van der Waals surface area (Å²) in [6.07, 6.45) is 1.96. The minimum Gasteiger partial charge on any atom is -0.417 e. The summed E-state index contributed by atoms with van der Waals surface area (Å²) in [4.78, 5) is 15.7. The normalized spacial score (nSPS) is 28.1. The van der Waals surface area contributed by atoms with Crippen LogP contribution in [0.3, 0.4) is 0 Å². The van der Waals surface area contributed by atoms with Crippen molar-refractivity contribution < 1.29 is 18.3 Å². The van der Waals surface area contributed by atoms with Gasteiger partial charge in [-0.25, -0.2) is 0 Å². The monoisotopic (exact) mass is 269 g/mol. The van der Waals surface area contributed by atoms with Crippen LogP contribution in [0.2, 0.25) is 0 Å². The maximum atomic E-state index is 12.0. The van der Waals surface area contributed by atoms with Crippen molar-refractivity contribution in [2.45, 2.75) is 31.5 Å². The molecule has 2 heterocycles. The number of nitrogens with one attached hydrogen (secondary N) is 2. The van der Waals surface area contributed by atoms with E-state index in [1.807, 2.05) is 0 Å². The summed E-state index contributed by atoms with van der Waals surface area (Å²) < 4.78 is 28.3. The molecular weight excluding hydrogens is 256 g/mol. The number of aromatic nitrogens is 1. The van der Waals surface area contributed by atoms with Gasteiger partial charge in [0.2, 0.25) is 11.8 Å². The largest absolute Gasteiger partial charge is 0.417 e. The van der Waals surface area contributed by atoms with Crippen molar-refractivity contribution in [1.82, 2.24) is 10.3 Å². The molecule has 0 unspecified atom stereocenters. The first-order chi connectivity index (χ1) is 9.11. The summed E-state index contributed by atoms with van der Waals surface area (Å²) in [5.41, 5.74) is 0. The van der Waals surface area contributed by atoms with Crippen LogP contribution in [-0.2, 0) is 4.79 Å². The number of piperidine rings is 1. The Morgan fingerprint density at radius 1 is 1.47 bits per heavy atom. The first-order valence-electron chi connectivity index (χ1n) is 6.10. The summed E-state index contributed by atoms with van der Waals surface area (Å²) in [7, 11) is 0. The highest BCUT2D eigenvalue weighted by atomic mass is 19.3. The fourth-order valence-corrected chi connectivity index (χ4v) is 2.38. The maximum Gasteiger partial charge on any atom is 0.388 e. The standard InChI is InChI=1S/C12H13F2N3O2/c13-12(14)19-10-3-1-2-9(16-10)17-11(18)8-5-6-4-7(6)15-8/h1-3,6-8,12,15H,4-5H2,(H,16,17,18)/t6-,7-,8+/m1/s1. The Labute approximate surface area is 108 Å². The van der Waals surface area contributed by atoms with Crippen molar-refractivity contribution in [3.05, 3.63) is 18.2 Å². The topological polar surface area (TPSA) is 63.2 Å². The zero-order valence-electron chi connectivity index (χ0n) is 9.98. The van der Waals surface area contributed by atoms with E-state index in [1.165, 1.54) is 18.2 Å². The molecule has 2 fully saturated rings. The minimum atomic E-state index is -2.93. The average molecular weight is 269 g/mol. The van der Waals surface area contributed by atoms with Crippen molar-refractivity contribution in [3.63, 3.8) is 0 Å². The fourth-order valence-electron chi connectivity index (χ4n) is 2.38. The van der Waals surface area contributed by atoms with E-state index in [0.717, 1.165) is 12.8 Å². The fraction of sp³-hybridized carbons (Fsp3) is 0.500. The number of carbonyl (C=O) groups excluding carboxylic acids is 1. The summed E-state index contributed by atoms with van der Waals surface area (Å²) >= 11 is 0. The molecule has 1 aliphatic heterocycles. The molecule has 1 amide bonds. The van der Waals surface area contributed by atoms with Crippen molar-refractivity contribution in [1.29, 1.82) is 0 Å². The molecule has 1 aliphatic carbocycles. The number of nitrogens with zero attached hydrogens (tertiary/aromatic N) is 1. The van der Waals surface area contributed by atoms with Crippen LogP contribution in [0, 0.1) is 5.92 Å². The minimum absolute atomic E-state index is 0.186. The van der Waals surface area contributed by atoms with Gasteiger partial charge in [0, 0.05) is 12.1 Å². The quantitative estimate of drug-likeness (QED) is 0.866. The van der Waals surface area contributed by atoms with Gasteiger partial charge in [-0.2, -0.15) is 13.8 Å². The second kappa shape index (κ2) is 4.73. The summed E-state index contributed by atoms with van der Waals surface area (Å²) in [5.74, 6) is 0.423. The van der Waals surface area contributed by atoms with Gasteiger partial charge in [-0.1, -0.05) is 6.07 Å². The smallest absolute Gasteiger partial charge is 0.388 e. The van der Waals surface area contributed by atoms with Gasteiger partial charge in [0.05, 0.1) is 6.04 Å². The number of anilines is 1. The average Bonchev–Trinajstić information content (AvgIpc) is 2.95. The Bertz CT molecular complexity index is 488. The molecule has 0 radical (unpaired) electrons. The number of halogens is 2. The number of hydrogen-bond donors (Lipinski definition) is 2. The van der Waals surface area contributed by atoms with Crippen molar-refractivity contribution in [3.8, 4) is 5.88 Å². The summed E-state index contributed by atoms with van der Waals surface area (Å²) in [6, 6.07) is 4.60. The molecule has 1 aromatic rings. The number of rotatable bonds is 4. The first-order valence-corrected chi connectivity index (χ1v) is 6.10. The Balaban J connectivity index is 1.60. The third-order valence-corrected chi connectivity index (χ3v) is 3.38. The Morgan fingerprint density at radius 3 is 3.00 bits per heavy atom. The van der Waals surface area contributed by atoms with E-state index in [4.69, 9.17) is 0 Å². The molecular formula is C12H13F2N3O2. The highest BCUT2D eigenvalue weighted by molar-refractivity contribution is 5.94. The van der Waals surface area contributed by atoms with Gasteiger partial charge in [0.25, 0.3) is 0 Å². The molecule has 102 valence electrons. The van der Waals surface area contributed by atoms with Gasteiger partial charge in [-0.3, -0.25) is 4.79 Å². The number of alkyl halides is 2. The van der Waals surface area contributed by atoms with Gasteiger partial charge in [-0.05, 0) is 24.8 Å². The van der Waals surface area contributed by atoms with Crippen LogP contribution in [0.4, 0.5) is 14.6 Å². The number of fused-ring (bicyclic) bond motifs is 1. The summed E-state index contributed by atoms with van der Waals surface area (Å²) in [6.45, 7) is -2.93. The van der Waals surface area contributed by atoms with E-state index in [9.17, 15) is 13.6 Å². The molecule has 1 saturated carbocycles. The second-order valence-electron chi connectivity index (χ2n) is 4.79. The molecule has 5 nitrogen and oxygen atoms in total. The van der Waals surface area contributed by atoms with Crippen molar-refractivity contribution in [2.24, 2.45) is 5.92 Å². The predicted octanol–water partition coefficient (Wildman–Crippen LogP) is 1.37. The predicted molar refractivity (Wildman–Crippen MR) is 62.9 cm³/mol. The van der Waals surface area contributed by atoms with Gasteiger partial charge in [0.15, 0.2) is 0 Å². The van der Waals surface area contributed by atoms with E-state index in [1.54, 1.807) is 0 Å². The lowest BCUT2D eigenvalue weighted by atomic mass is 10.2. The third-order valence-electron chi connectivity index (χ3n) is 3.38. The molecule has 3 rings (SSSR count). The number of hydrogen-bond acceptors (Lipinski definition) is 4. The Kier molecular flexibility index (Phi) is 3.06. The lowest BCUT2D eigenvalue weighted by Crippen LogP contribution is -2.38.